The number of ether oxygens (including phenoxy) is 1. The fraction of sp³-hybridized carbons (Fsp3) is 0.321. The number of hydrogen-bond donors (Lipinski definition) is 1. The minimum Gasteiger partial charge on any atom is -0.452 e. The molecular weight excluding hydrogens is 468 g/mol. The van der Waals surface area contributed by atoms with Crippen molar-refractivity contribution >= 4 is 28.5 Å². The molecule has 0 radical (unpaired) electrons. The molecule has 4 aromatic rings. The number of anilines is 1. The number of hydrogen-bond acceptors (Lipinski definition) is 7. The van der Waals surface area contributed by atoms with Crippen LogP contribution >= 0.6 is 0 Å². The monoisotopic (exact) mass is 496 g/mol. The predicted molar refractivity (Wildman–Crippen MR) is 142 cm³/mol. The van der Waals surface area contributed by atoms with Crippen molar-refractivity contribution in [3.05, 3.63) is 64.8 Å². The highest BCUT2D eigenvalue weighted by molar-refractivity contribution is 5.95. The fourth-order valence-electron chi connectivity index (χ4n) is 4.56. The average molecular weight is 497 g/mol. The van der Waals surface area contributed by atoms with E-state index < -0.39 is 0 Å². The third kappa shape index (κ3) is 4.76. The Labute approximate surface area is 215 Å². The molecule has 5 heterocycles. The van der Waals surface area contributed by atoms with Crippen molar-refractivity contribution in [3.8, 4) is 22.7 Å². The molecule has 0 aromatic carbocycles. The number of furan rings is 1. The van der Waals surface area contributed by atoms with E-state index in [2.05, 4.69) is 20.1 Å². The molecule has 1 fully saturated rings. The summed E-state index contributed by atoms with van der Waals surface area (Å²) in [6.45, 7) is 13.0. The molecular formula is C28H28N6O3. The predicted octanol–water partition coefficient (Wildman–Crippen LogP) is 5.41. The lowest BCUT2D eigenvalue weighted by Gasteiger charge is -2.24. The van der Waals surface area contributed by atoms with Crippen LogP contribution in [0.3, 0.4) is 0 Å². The van der Waals surface area contributed by atoms with Crippen LogP contribution in [0.5, 0.6) is 0 Å². The van der Waals surface area contributed by atoms with E-state index in [1.165, 1.54) is 4.90 Å². The molecule has 1 aliphatic rings. The third-order valence-corrected chi connectivity index (χ3v) is 6.51. The average Bonchev–Trinajstić information content (AvgIpc) is 3.33. The number of fused-ring (bicyclic) bond motifs is 1. The standard InChI is InChI=1S/C28H28N6O3/c1-16-12-18(28(35)34(4)5)15-31-25(16)23-13-22-26(37-23)24(17(2)14-30-22)20-6-7-21(27(29-3)33-20)32-19-8-10-36-11-9-19/h6-7,12-15,19,32H,8-11H2,1-2,4-5H3. The number of carbonyl (C=O) groups is 1. The van der Waals surface area contributed by atoms with E-state index >= 15 is 0 Å². The summed E-state index contributed by atoms with van der Waals surface area (Å²) in [5.74, 6) is 0.764. The molecule has 0 unspecified atom stereocenters. The summed E-state index contributed by atoms with van der Waals surface area (Å²) in [4.78, 5) is 31.3. The van der Waals surface area contributed by atoms with Crippen molar-refractivity contribution in [2.45, 2.75) is 32.7 Å². The third-order valence-electron chi connectivity index (χ3n) is 6.51. The zero-order valence-electron chi connectivity index (χ0n) is 21.3. The summed E-state index contributed by atoms with van der Waals surface area (Å²) in [6.07, 6.45) is 5.14. The molecule has 0 bridgehead atoms. The number of rotatable bonds is 5. The van der Waals surface area contributed by atoms with Crippen LogP contribution in [0, 0.1) is 20.4 Å². The van der Waals surface area contributed by atoms with E-state index in [-0.39, 0.29) is 11.9 Å². The zero-order valence-corrected chi connectivity index (χ0v) is 21.3. The van der Waals surface area contributed by atoms with Gasteiger partial charge in [-0.05, 0) is 56.0 Å². The first-order chi connectivity index (χ1) is 17.9. The Hall–Kier alpha value is -4.29. The van der Waals surface area contributed by atoms with Crippen LogP contribution in [0.25, 0.3) is 38.7 Å². The first kappa shape index (κ1) is 24.4. The van der Waals surface area contributed by atoms with E-state index in [0.717, 1.165) is 35.2 Å². The Morgan fingerprint density at radius 2 is 1.89 bits per heavy atom. The number of nitrogens with one attached hydrogen (secondary N) is 1. The topological polar surface area (TPSA) is 97.7 Å². The van der Waals surface area contributed by atoms with Crippen molar-refractivity contribution in [1.82, 2.24) is 19.9 Å². The maximum Gasteiger partial charge on any atom is 0.293 e. The lowest BCUT2D eigenvalue weighted by molar-refractivity contribution is 0.0827. The van der Waals surface area contributed by atoms with Crippen molar-refractivity contribution in [2.24, 2.45) is 0 Å². The van der Waals surface area contributed by atoms with E-state index in [4.69, 9.17) is 20.7 Å². The second-order valence-electron chi connectivity index (χ2n) is 9.44. The Morgan fingerprint density at radius 1 is 1.11 bits per heavy atom. The highest BCUT2D eigenvalue weighted by Crippen LogP contribution is 2.37. The van der Waals surface area contributed by atoms with Gasteiger partial charge in [0.2, 0.25) is 0 Å². The fourth-order valence-corrected chi connectivity index (χ4v) is 4.56. The molecule has 0 saturated carbocycles. The molecule has 1 amide bonds. The normalized spacial score (nSPS) is 13.9. The van der Waals surface area contributed by atoms with Gasteiger partial charge in [0.25, 0.3) is 11.7 Å². The van der Waals surface area contributed by atoms with Gasteiger partial charge in [-0.2, -0.15) is 0 Å². The van der Waals surface area contributed by atoms with E-state index in [1.54, 1.807) is 26.5 Å². The molecule has 0 atom stereocenters. The van der Waals surface area contributed by atoms with Gasteiger partial charge in [-0.25, -0.2) is 0 Å². The van der Waals surface area contributed by atoms with Gasteiger partial charge in [0.1, 0.15) is 11.2 Å². The highest BCUT2D eigenvalue weighted by Gasteiger charge is 2.22. The zero-order chi connectivity index (χ0) is 26.1. The number of pyridine rings is 3. The summed E-state index contributed by atoms with van der Waals surface area (Å²) in [6, 6.07) is 7.74. The number of amides is 1. The van der Waals surface area contributed by atoms with Crippen molar-refractivity contribution < 1.29 is 13.9 Å². The van der Waals surface area contributed by atoms with Crippen molar-refractivity contribution in [3.63, 3.8) is 0 Å². The second kappa shape index (κ2) is 9.99. The highest BCUT2D eigenvalue weighted by atomic mass is 16.5. The second-order valence-corrected chi connectivity index (χ2v) is 9.44. The minimum atomic E-state index is -0.109. The summed E-state index contributed by atoms with van der Waals surface area (Å²) in [7, 11) is 3.42. The smallest absolute Gasteiger partial charge is 0.293 e. The van der Waals surface area contributed by atoms with Crippen LogP contribution in [0.2, 0.25) is 0 Å². The van der Waals surface area contributed by atoms with Crippen LogP contribution in [0.15, 0.2) is 41.1 Å². The Morgan fingerprint density at radius 3 is 2.59 bits per heavy atom. The van der Waals surface area contributed by atoms with Gasteiger partial charge in [0.05, 0.1) is 16.8 Å². The molecule has 1 saturated heterocycles. The summed E-state index contributed by atoms with van der Waals surface area (Å²) < 4.78 is 11.7. The summed E-state index contributed by atoms with van der Waals surface area (Å²) in [5, 5.41) is 3.45. The molecule has 9 heteroatoms. The van der Waals surface area contributed by atoms with E-state index in [9.17, 15) is 4.79 Å². The van der Waals surface area contributed by atoms with Gasteiger partial charge in [-0.15, -0.1) is 4.98 Å². The van der Waals surface area contributed by atoms with Gasteiger partial charge < -0.3 is 24.2 Å². The summed E-state index contributed by atoms with van der Waals surface area (Å²) in [5.41, 5.74) is 6.27. The maximum atomic E-state index is 12.3. The lowest BCUT2D eigenvalue weighted by Crippen LogP contribution is -2.27. The van der Waals surface area contributed by atoms with Gasteiger partial charge in [0.15, 0.2) is 17.0 Å². The van der Waals surface area contributed by atoms with Crippen LogP contribution in [-0.4, -0.2) is 59.1 Å². The van der Waals surface area contributed by atoms with Crippen LogP contribution in [0.1, 0.15) is 34.3 Å². The van der Waals surface area contributed by atoms with Crippen molar-refractivity contribution in [1.29, 1.82) is 0 Å². The van der Waals surface area contributed by atoms with Gasteiger partial charge in [-0.3, -0.25) is 14.8 Å². The Bertz CT molecular complexity index is 1530. The molecule has 5 rings (SSSR count). The molecule has 0 spiro atoms. The van der Waals surface area contributed by atoms with Crippen LogP contribution in [0.4, 0.5) is 11.5 Å². The maximum absolute atomic E-state index is 12.3. The Balaban J connectivity index is 1.53. The lowest BCUT2D eigenvalue weighted by atomic mass is 10.1. The summed E-state index contributed by atoms with van der Waals surface area (Å²) >= 11 is 0. The van der Waals surface area contributed by atoms with Crippen LogP contribution < -0.4 is 5.32 Å². The van der Waals surface area contributed by atoms with Gasteiger partial charge in [0, 0.05) is 51.8 Å². The molecule has 1 aliphatic heterocycles. The first-order valence-corrected chi connectivity index (χ1v) is 12.2. The van der Waals surface area contributed by atoms with Gasteiger partial charge in [-0.1, -0.05) is 6.57 Å². The molecule has 0 aliphatic carbocycles. The molecule has 1 N–H and O–H groups in total. The Kier molecular flexibility index (Phi) is 6.59. The number of aromatic nitrogens is 3. The SMILES string of the molecule is [C-]#[N+]c1nc(-c2c(C)cnc3cc(-c4ncc(C(=O)N(C)C)cc4C)oc23)ccc1NC1CCOCC1. The number of nitrogens with zero attached hydrogens (tertiary/aromatic N) is 5. The van der Waals surface area contributed by atoms with E-state index in [0.29, 0.717) is 52.8 Å². The van der Waals surface area contributed by atoms with Crippen molar-refractivity contribution in [2.75, 3.05) is 32.6 Å². The minimum absolute atomic E-state index is 0.109. The van der Waals surface area contributed by atoms with E-state index in [1.807, 2.05) is 38.1 Å². The molecule has 37 heavy (non-hydrogen) atoms. The quantitative estimate of drug-likeness (QED) is 0.369. The van der Waals surface area contributed by atoms with Crippen LogP contribution in [-0.2, 0) is 4.74 Å². The number of aryl methyl sites for hydroxylation is 2. The largest absolute Gasteiger partial charge is 0.452 e. The molecule has 188 valence electrons. The number of carbonyl (C=O) groups excluding carboxylic acids is 1. The molecule has 9 nitrogen and oxygen atoms in total. The molecule has 4 aromatic heterocycles. The van der Waals surface area contributed by atoms with Gasteiger partial charge >= 0.3 is 0 Å². The first-order valence-electron chi connectivity index (χ1n) is 12.2.